The molecule has 0 aromatic heterocycles. The quantitative estimate of drug-likeness (QED) is 0.545. The second-order valence-corrected chi connectivity index (χ2v) is 7.03. The molecule has 1 saturated carbocycles. The highest BCUT2D eigenvalue weighted by atomic mass is 16.5. The van der Waals surface area contributed by atoms with Crippen LogP contribution >= 0.6 is 0 Å². The lowest BCUT2D eigenvalue weighted by atomic mass is 10.0. The van der Waals surface area contributed by atoms with Crippen LogP contribution in [-0.4, -0.2) is 31.3 Å². The molecular formula is C22H24N2O4. The van der Waals surface area contributed by atoms with Crippen LogP contribution in [-0.2, 0) is 16.0 Å². The summed E-state index contributed by atoms with van der Waals surface area (Å²) in [4.78, 5) is 36.5. The standard InChI is InChI=1S/C22H24N2O4/c1-15(25)17-6-8-18(9-7-17)24-21(27)22(11-12-22)20(26)23-13-10-16-4-3-5-19(14-16)28-2/h3-9,14H,10-13H2,1-2H3,(H,23,26)(H,24,27). The van der Waals surface area contributed by atoms with Crippen molar-refractivity contribution in [1.82, 2.24) is 5.32 Å². The van der Waals surface area contributed by atoms with Crippen molar-refractivity contribution >= 4 is 23.3 Å². The van der Waals surface area contributed by atoms with E-state index in [1.807, 2.05) is 24.3 Å². The van der Waals surface area contributed by atoms with Crippen LogP contribution in [0, 0.1) is 5.41 Å². The lowest BCUT2D eigenvalue weighted by molar-refractivity contribution is -0.134. The van der Waals surface area contributed by atoms with E-state index in [1.54, 1.807) is 31.4 Å². The van der Waals surface area contributed by atoms with Crippen LogP contribution in [0.4, 0.5) is 5.69 Å². The average Bonchev–Trinajstić information content (AvgIpc) is 3.50. The van der Waals surface area contributed by atoms with E-state index in [1.165, 1.54) is 6.92 Å². The number of ether oxygens (including phenoxy) is 1. The molecule has 6 nitrogen and oxygen atoms in total. The Morgan fingerprint density at radius 3 is 2.36 bits per heavy atom. The second kappa shape index (κ2) is 8.25. The van der Waals surface area contributed by atoms with Gasteiger partial charge in [0.1, 0.15) is 11.2 Å². The maximum Gasteiger partial charge on any atom is 0.240 e. The number of ketones is 1. The summed E-state index contributed by atoms with van der Waals surface area (Å²) in [7, 11) is 1.62. The molecule has 0 spiro atoms. The molecule has 28 heavy (non-hydrogen) atoms. The molecule has 2 aromatic rings. The fourth-order valence-electron chi connectivity index (χ4n) is 3.04. The largest absolute Gasteiger partial charge is 0.497 e. The third kappa shape index (κ3) is 4.39. The SMILES string of the molecule is COc1cccc(CCNC(=O)C2(C(=O)Nc3ccc(C(C)=O)cc3)CC2)c1. The monoisotopic (exact) mass is 380 g/mol. The third-order valence-corrected chi connectivity index (χ3v) is 5.00. The molecule has 0 aliphatic heterocycles. The van der Waals surface area contributed by atoms with Gasteiger partial charge in [0.25, 0.3) is 0 Å². The number of Topliss-reactive ketones (excluding diaryl/α,β-unsaturated/α-hetero) is 1. The maximum atomic E-state index is 12.6. The van der Waals surface area contributed by atoms with Gasteiger partial charge in [0.15, 0.2) is 5.78 Å². The molecule has 0 atom stereocenters. The van der Waals surface area contributed by atoms with Crippen LogP contribution in [0.25, 0.3) is 0 Å². The lowest BCUT2D eigenvalue weighted by Crippen LogP contribution is -2.40. The zero-order valence-corrected chi connectivity index (χ0v) is 16.1. The minimum absolute atomic E-state index is 0.0352. The highest BCUT2D eigenvalue weighted by Crippen LogP contribution is 2.46. The summed E-state index contributed by atoms with van der Waals surface area (Å²) < 4.78 is 5.20. The molecule has 1 aliphatic rings. The van der Waals surface area contributed by atoms with Gasteiger partial charge in [-0.05, 0) is 68.1 Å². The van der Waals surface area contributed by atoms with Crippen molar-refractivity contribution in [2.45, 2.75) is 26.2 Å². The number of carbonyl (C=O) groups excluding carboxylic acids is 3. The van der Waals surface area contributed by atoms with E-state index >= 15 is 0 Å². The van der Waals surface area contributed by atoms with Gasteiger partial charge in [-0.15, -0.1) is 0 Å². The Labute approximate surface area is 164 Å². The molecular weight excluding hydrogens is 356 g/mol. The van der Waals surface area contributed by atoms with E-state index in [9.17, 15) is 14.4 Å². The van der Waals surface area contributed by atoms with Crippen LogP contribution in [0.15, 0.2) is 48.5 Å². The molecule has 2 N–H and O–H groups in total. The summed E-state index contributed by atoms with van der Waals surface area (Å²) in [6.45, 7) is 1.94. The first-order valence-corrected chi connectivity index (χ1v) is 9.28. The predicted octanol–water partition coefficient (Wildman–Crippen LogP) is 2.98. The maximum absolute atomic E-state index is 12.6. The minimum Gasteiger partial charge on any atom is -0.497 e. The summed E-state index contributed by atoms with van der Waals surface area (Å²) in [5.74, 6) is 0.194. The molecule has 2 aromatic carbocycles. The van der Waals surface area contributed by atoms with Crippen LogP contribution in [0.5, 0.6) is 5.75 Å². The van der Waals surface area contributed by atoms with E-state index in [4.69, 9.17) is 4.74 Å². The number of anilines is 1. The summed E-state index contributed by atoms with van der Waals surface area (Å²) in [5.41, 5.74) is 1.22. The number of hydrogen-bond acceptors (Lipinski definition) is 4. The van der Waals surface area contributed by atoms with Gasteiger partial charge in [-0.3, -0.25) is 14.4 Å². The Bertz CT molecular complexity index is 886. The van der Waals surface area contributed by atoms with E-state index in [0.29, 0.717) is 37.1 Å². The van der Waals surface area contributed by atoms with Crippen molar-refractivity contribution in [1.29, 1.82) is 0 Å². The number of amides is 2. The van der Waals surface area contributed by atoms with Gasteiger partial charge in [-0.1, -0.05) is 12.1 Å². The number of nitrogens with one attached hydrogen (secondary N) is 2. The summed E-state index contributed by atoms with van der Waals surface area (Å²) in [6.07, 6.45) is 1.73. The van der Waals surface area contributed by atoms with E-state index in [2.05, 4.69) is 10.6 Å². The molecule has 1 aliphatic carbocycles. The molecule has 0 saturated heterocycles. The number of benzene rings is 2. The Morgan fingerprint density at radius 1 is 1.04 bits per heavy atom. The molecule has 0 bridgehead atoms. The Morgan fingerprint density at radius 2 is 1.75 bits per heavy atom. The van der Waals surface area contributed by atoms with Gasteiger partial charge in [0, 0.05) is 17.8 Å². The molecule has 3 rings (SSSR count). The molecule has 0 unspecified atom stereocenters. The fraction of sp³-hybridized carbons (Fsp3) is 0.318. The highest BCUT2D eigenvalue weighted by molar-refractivity contribution is 6.13. The van der Waals surface area contributed by atoms with E-state index in [-0.39, 0.29) is 17.6 Å². The van der Waals surface area contributed by atoms with Crippen molar-refractivity contribution in [3.8, 4) is 5.75 Å². The van der Waals surface area contributed by atoms with Gasteiger partial charge in [-0.2, -0.15) is 0 Å². The van der Waals surface area contributed by atoms with E-state index < -0.39 is 5.41 Å². The average molecular weight is 380 g/mol. The molecule has 0 radical (unpaired) electrons. The highest BCUT2D eigenvalue weighted by Gasteiger charge is 2.56. The Kier molecular flexibility index (Phi) is 5.78. The summed E-state index contributed by atoms with van der Waals surface area (Å²) in [5, 5.41) is 5.66. The third-order valence-electron chi connectivity index (χ3n) is 5.00. The molecule has 146 valence electrons. The first-order valence-electron chi connectivity index (χ1n) is 9.28. The number of hydrogen-bond donors (Lipinski definition) is 2. The van der Waals surface area contributed by atoms with Crippen molar-refractivity contribution in [2.24, 2.45) is 5.41 Å². The lowest BCUT2D eigenvalue weighted by Gasteiger charge is -2.15. The first-order chi connectivity index (χ1) is 13.4. The number of rotatable bonds is 8. The van der Waals surface area contributed by atoms with Crippen LogP contribution in [0.3, 0.4) is 0 Å². The van der Waals surface area contributed by atoms with Gasteiger partial charge in [-0.25, -0.2) is 0 Å². The first kappa shape index (κ1) is 19.6. The minimum atomic E-state index is -0.992. The van der Waals surface area contributed by atoms with Crippen LogP contribution in [0.1, 0.15) is 35.7 Å². The van der Waals surface area contributed by atoms with Gasteiger partial charge in [0.05, 0.1) is 7.11 Å². The van der Waals surface area contributed by atoms with Gasteiger partial charge >= 0.3 is 0 Å². The zero-order valence-electron chi connectivity index (χ0n) is 16.1. The Hall–Kier alpha value is -3.15. The van der Waals surface area contributed by atoms with Crippen molar-refractivity contribution < 1.29 is 19.1 Å². The molecule has 0 heterocycles. The van der Waals surface area contributed by atoms with Crippen molar-refractivity contribution in [2.75, 3.05) is 19.0 Å². The zero-order chi connectivity index (χ0) is 20.1. The van der Waals surface area contributed by atoms with Crippen LogP contribution in [0.2, 0.25) is 0 Å². The Balaban J connectivity index is 1.54. The fourth-order valence-corrected chi connectivity index (χ4v) is 3.04. The number of carbonyl (C=O) groups is 3. The van der Waals surface area contributed by atoms with Gasteiger partial charge in [0.2, 0.25) is 11.8 Å². The summed E-state index contributed by atoms with van der Waals surface area (Å²) in [6, 6.07) is 14.3. The molecule has 6 heteroatoms. The normalized spacial score (nSPS) is 14.1. The van der Waals surface area contributed by atoms with E-state index in [0.717, 1.165) is 11.3 Å². The second-order valence-electron chi connectivity index (χ2n) is 7.03. The van der Waals surface area contributed by atoms with Crippen molar-refractivity contribution in [3.05, 3.63) is 59.7 Å². The molecule has 1 fully saturated rings. The number of methoxy groups -OCH3 is 1. The van der Waals surface area contributed by atoms with Gasteiger partial charge < -0.3 is 15.4 Å². The predicted molar refractivity (Wildman–Crippen MR) is 106 cm³/mol. The summed E-state index contributed by atoms with van der Waals surface area (Å²) >= 11 is 0. The van der Waals surface area contributed by atoms with Crippen LogP contribution < -0.4 is 15.4 Å². The smallest absolute Gasteiger partial charge is 0.240 e. The molecule has 2 amide bonds. The topological polar surface area (TPSA) is 84.5 Å². The van der Waals surface area contributed by atoms with Crippen molar-refractivity contribution in [3.63, 3.8) is 0 Å².